The minimum Gasteiger partial charge on any atom is -0.508 e. The summed E-state index contributed by atoms with van der Waals surface area (Å²) in [7, 11) is 0. The van der Waals surface area contributed by atoms with Crippen molar-refractivity contribution in [1.29, 1.82) is 0 Å². The van der Waals surface area contributed by atoms with Crippen molar-refractivity contribution in [2.24, 2.45) is 0 Å². The smallest absolute Gasteiger partial charge is 0.131 e. The van der Waals surface area contributed by atoms with E-state index >= 15 is 0 Å². The van der Waals surface area contributed by atoms with Crippen LogP contribution in [-0.4, -0.2) is 5.11 Å². The van der Waals surface area contributed by atoms with Gasteiger partial charge in [-0.3, -0.25) is 0 Å². The third-order valence-corrected chi connectivity index (χ3v) is 3.27. The van der Waals surface area contributed by atoms with Crippen LogP contribution in [0.4, 0.5) is 0 Å². The molecule has 0 amide bonds. The maximum atomic E-state index is 9.94. The third-order valence-electron chi connectivity index (χ3n) is 3.27. The number of para-hydroxylation sites is 1. The number of hydrogen-bond donors (Lipinski definition) is 1. The number of phenols is 1. The van der Waals surface area contributed by atoms with Crippen LogP contribution in [0, 0.1) is 0 Å². The molecule has 0 radical (unpaired) electrons. The van der Waals surface area contributed by atoms with E-state index in [1.807, 2.05) is 24.3 Å². The Hall–Kier alpha value is -2.22. The standard InChI is InChI=1S/C16H14O2/c1-2-5-12-13-10-11-6-3-4-7-15(11)18-16(13)9-8-14(12)17/h2-4,6-9,17H,1,5,10H2. The molecule has 0 aliphatic carbocycles. The number of fused-ring (bicyclic) bond motifs is 2. The molecule has 0 aromatic heterocycles. The molecule has 2 heteroatoms. The lowest BCUT2D eigenvalue weighted by Crippen LogP contribution is -2.06. The second kappa shape index (κ2) is 4.22. The second-order valence-corrected chi connectivity index (χ2v) is 4.42. The highest BCUT2D eigenvalue weighted by molar-refractivity contribution is 5.56. The summed E-state index contributed by atoms with van der Waals surface area (Å²) in [5.74, 6) is 2.06. The van der Waals surface area contributed by atoms with Gasteiger partial charge in [0.25, 0.3) is 0 Å². The molecule has 1 N–H and O–H groups in total. The van der Waals surface area contributed by atoms with Gasteiger partial charge in [0.15, 0.2) is 0 Å². The predicted molar refractivity (Wildman–Crippen MR) is 71.3 cm³/mol. The zero-order chi connectivity index (χ0) is 12.5. The van der Waals surface area contributed by atoms with Crippen LogP contribution < -0.4 is 4.74 Å². The Balaban J connectivity index is 2.12. The van der Waals surface area contributed by atoms with Crippen LogP contribution in [0.15, 0.2) is 49.1 Å². The van der Waals surface area contributed by atoms with Gasteiger partial charge in [0, 0.05) is 17.5 Å². The fraction of sp³-hybridized carbons (Fsp3) is 0.125. The number of rotatable bonds is 2. The van der Waals surface area contributed by atoms with Crippen LogP contribution in [0.1, 0.15) is 16.7 Å². The normalized spacial score (nSPS) is 12.2. The molecule has 1 heterocycles. The molecule has 3 rings (SSSR count). The zero-order valence-corrected chi connectivity index (χ0v) is 10.0. The molecule has 2 nitrogen and oxygen atoms in total. The van der Waals surface area contributed by atoms with Gasteiger partial charge < -0.3 is 9.84 Å². The molecule has 0 spiro atoms. The van der Waals surface area contributed by atoms with Gasteiger partial charge in [-0.05, 0) is 30.2 Å². The summed E-state index contributed by atoms with van der Waals surface area (Å²) < 4.78 is 5.87. The molecule has 90 valence electrons. The van der Waals surface area contributed by atoms with Gasteiger partial charge >= 0.3 is 0 Å². The molecule has 18 heavy (non-hydrogen) atoms. The van der Waals surface area contributed by atoms with E-state index in [9.17, 15) is 5.11 Å². The number of ether oxygens (including phenoxy) is 1. The first-order valence-corrected chi connectivity index (χ1v) is 6.00. The zero-order valence-electron chi connectivity index (χ0n) is 10.0. The Morgan fingerprint density at radius 3 is 2.83 bits per heavy atom. The van der Waals surface area contributed by atoms with E-state index in [1.165, 1.54) is 0 Å². The average molecular weight is 238 g/mol. The highest BCUT2D eigenvalue weighted by Crippen LogP contribution is 2.40. The van der Waals surface area contributed by atoms with Gasteiger partial charge in [0.05, 0.1) is 0 Å². The van der Waals surface area contributed by atoms with Gasteiger partial charge in [-0.25, -0.2) is 0 Å². The van der Waals surface area contributed by atoms with Crippen LogP contribution in [0.3, 0.4) is 0 Å². The molecular formula is C16H14O2. The van der Waals surface area contributed by atoms with E-state index in [1.54, 1.807) is 12.1 Å². The van der Waals surface area contributed by atoms with E-state index in [2.05, 4.69) is 12.6 Å². The van der Waals surface area contributed by atoms with Crippen molar-refractivity contribution >= 4 is 0 Å². The number of benzene rings is 2. The Bertz CT molecular complexity index is 614. The number of hydrogen-bond acceptors (Lipinski definition) is 2. The lowest BCUT2D eigenvalue weighted by atomic mass is 9.94. The fourth-order valence-corrected chi connectivity index (χ4v) is 2.38. The first kappa shape index (κ1) is 10.9. The monoisotopic (exact) mass is 238 g/mol. The maximum absolute atomic E-state index is 9.94. The van der Waals surface area contributed by atoms with E-state index in [0.717, 1.165) is 34.6 Å². The molecule has 2 aromatic carbocycles. The molecule has 0 atom stereocenters. The molecule has 0 fully saturated rings. The van der Waals surface area contributed by atoms with Crippen molar-refractivity contribution in [2.45, 2.75) is 12.8 Å². The molecule has 0 unspecified atom stereocenters. The molecule has 2 aromatic rings. The predicted octanol–water partition coefficient (Wildman–Crippen LogP) is 3.82. The largest absolute Gasteiger partial charge is 0.508 e. The van der Waals surface area contributed by atoms with Gasteiger partial charge in [-0.2, -0.15) is 0 Å². The quantitative estimate of drug-likeness (QED) is 0.688. The van der Waals surface area contributed by atoms with Crippen molar-refractivity contribution in [3.05, 3.63) is 65.7 Å². The van der Waals surface area contributed by atoms with Crippen LogP contribution in [-0.2, 0) is 12.8 Å². The van der Waals surface area contributed by atoms with E-state index in [-0.39, 0.29) is 0 Å². The van der Waals surface area contributed by atoms with Gasteiger partial charge in [-0.1, -0.05) is 24.3 Å². The summed E-state index contributed by atoms with van der Waals surface area (Å²) in [5, 5.41) is 9.94. The Kier molecular flexibility index (Phi) is 2.56. The fourth-order valence-electron chi connectivity index (χ4n) is 2.38. The van der Waals surface area contributed by atoms with Gasteiger partial charge in [0.2, 0.25) is 0 Å². The lowest BCUT2D eigenvalue weighted by molar-refractivity contribution is 0.444. The molecule has 1 aliphatic heterocycles. The van der Waals surface area contributed by atoms with E-state index in [0.29, 0.717) is 12.2 Å². The minimum absolute atomic E-state index is 0.316. The molecule has 1 aliphatic rings. The summed E-state index contributed by atoms with van der Waals surface area (Å²) in [6.07, 6.45) is 3.25. The van der Waals surface area contributed by atoms with Crippen molar-refractivity contribution in [1.82, 2.24) is 0 Å². The summed E-state index contributed by atoms with van der Waals surface area (Å²) in [5.41, 5.74) is 3.13. The van der Waals surface area contributed by atoms with Crippen molar-refractivity contribution in [2.75, 3.05) is 0 Å². The SMILES string of the molecule is C=CCc1c(O)ccc2c1Cc1ccccc1O2. The first-order valence-electron chi connectivity index (χ1n) is 6.00. The topological polar surface area (TPSA) is 29.5 Å². The second-order valence-electron chi connectivity index (χ2n) is 4.42. The molecule has 0 saturated carbocycles. The highest BCUT2D eigenvalue weighted by Gasteiger charge is 2.20. The minimum atomic E-state index is 0.316. The maximum Gasteiger partial charge on any atom is 0.131 e. The van der Waals surface area contributed by atoms with Crippen molar-refractivity contribution in [3.8, 4) is 17.2 Å². The van der Waals surface area contributed by atoms with Crippen molar-refractivity contribution < 1.29 is 9.84 Å². The summed E-state index contributed by atoms with van der Waals surface area (Å²) in [6.45, 7) is 3.74. The Labute approximate surface area is 106 Å². The first-order chi connectivity index (χ1) is 8.79. The lowest BCUT2D eigenvalue weighted by Gasteiger charge is -2.22. The molecular weight excluding hydrogens is 224 g/mol. The Morgan fingerprint density at radius 2 is 2.00 bits per heavy atom. The van der Waals surface area contributed by atoms with Crippen molar-refractivity contribution in [3.63, 3.8) is 0 Å². The number of allylic oxidation sites excluding steroid dienone is 1. The van der Waals surface area contributed by atoms with Gasteiger partial charge in [-0.15, -0.1) is 6.58 Å². The molecule has 0 saturated heterocycles. The summed E-state index contributed by atoms with van der Waals surface area (Å²) in [4.78, 5) is 0. The summed E-state index contributed by atoms with van der Waals surface area (Å²) >= 11 is 0. The third kappa shape index (κ3) is 1.66. The van der Waals surface area contributed by atoms with Crippen LogP contribution >= 0.6 is 0 Å². The van der Waals surface area contributed by atoms with Crippen LogP contribution in [0.5, 0.6) is 17.2 Å². The summed E-state index contributed by atoms with van der Waals surface area (Å²) in [6, 6.07) is 11.5. The van der Waals surface area contributed by atoms with Crippen LogP contribution in [0.25, 0.3) is 0 Å². The number of phenolic OH excluding ortho intramolecular Hbond substituents is 1. The van der Waals surface area contributed by atoms with E-state index in [4.69, 9.17) is 4.74 Å². The molecule has 0 bridgehead atoms. The Morgan fingerprint density at radius 1 is 1.17 bits per heavy atom. The number of aromatic hydroxyl groups is 1. The van der Waals surface area contributed by atoms with Gasteiger partial charge in [0.1, 0.15) is 17.2 Å². The average Bonchev–Trinajstić information content (AvgIpc) is 2.40. The van der Waals surface area contributed by atoms with E-state index < -0.39 is 0 Å². The van der Waals surface area contributed by atoms with Crippen LogP contribution in [0.2, 0.25) is 0 Å². The highest BCUT2D eigenvalue weighted by atomic mass is 16.5.